The Morgan fingerprint density at radius 2 is 1.67 bits per heavy atom. The Balaban J connectivity index is 1.89. The number of hydrogen-bond acceptors (Lipinski definition) is 5. The fraction of sp³-hybridized carbons (Fsp3) is 0. The van der Waals surface area contributed by atoms with Gasteiger partial charge in [-0.1, -0.05) is 18.2 Å². The lowest BCUT2D eigenvalue weighted by atomic mass is 10.1. The highest BCUT2D eigenvalue weighted by Gasteiger charge is 2.21. The summed E-state index contributed by atoms with van der Waals surface area (Å²) in [5.74, 6) is -3.02. The van der Waals surface area contributed by atoms with Crippen molar-refractivity contribution < 1.29 is 26.9 Å². The van der Waals surface area contributed by atoms with Crippen LogP contribution in [-0.4, -0.2) is 19.2 Å². The molecule has 0 aliphatic rings. The predicted molar refractivity (Wildman–Crippen MR) is 105 cm³/mol. The molecule has 0 aliphatic carbocycles. The standard InChI is InChI=1S/C19H13F2N3O5S/c20-16-9-8-12(10-17(16)21)22-19(25)15-6-1-2-7-18(15)23-30(28,29)14-5-3-4-13(11-14)24(26)27/h1-11,23H,(H,22,25). The van der Waals surface area contributed by atoms with Crippen LogP contribution in [0, 0.1) is 21.7 Å². The third-order valence-electron chi connectivity index (χ3n) is 3.93. The molecule has 8 nitrogen and oxygen atoms in total. The number of rotatable bonds is 6. The minimum Gasteiger partial charge on any atom is -0.322 e. The Hall–Kier alpha value is -3.86. The number of carbonyl (C=O) groups is 1. The number of carbonyl (C=O) groups excluding carboxylic acids is 1. The van der Waals surface area contributed by atoms with Crippen molar-refractivity contribution in [1.82, 2.24) is 0 Å². The molecule has 0 fully saturated rings. The number of nitrogens with one attached hydrogen (secondary N) is 2. The van der Waals surface area contributed by atoms with Gasteiger partial charge >= 0.3 is 0 Å². The number of nitro benzene ring substituents is 1. The van der Waals surface area contributed by atoms with Gasteiger partial charge in [-0.05, 0) is 30.3 Å². The van der Waals surface area contributed by atoms with Crippen molar-refractivity contribution in [3.63, 3.8) is 0 Å². The number of para-hydroxylation sites is 1. The average Bonchev–Trinajstić information content (AvgIpc) is 2.71. The molecule has 1 amide bonds. The summed E-state index contributed by atoms with van der Waals surface area (Å²) in [5.41, 5.74) is -0.655. The number of amides is 1. The number of nitrogens with zero attached hydrogens (tertiary/aromatic N) is 1. The lowest BCUT2D eigenvalue weighted by Crippen LogP contribution is -2.18. The van der Waals surface area contributed by atoms with Gasteiger partial charge in [-0.2, -0.15) is 0 Å². The first-order valence-corrected chi connectivity index (χ1v) is 9.78. The van der Waals surface area contributed by atoms with Crippen LogP contribution >= 0.6 is 0 Å². The molecule has 0 saturated carbocycles. The van der Waals surface area contributed by atoms with E-state index in [2.05, 4.69) is 10.0 Å². The minimum atomic E-state index is -4.25. The maximum atomic E-state index is 13.3. The monoisotopic (exact) mass is 433 g/mol. The second kappa shape index (κ2) is 8.25. The molecule has 154 valence electrons. The number of benzene rings is 3. The molecular formula is C19H13F2N3O5S. The van der Waals surface area contributed by atoms with Crippen molar-refractivity contribution in [2.75, 3.05) is 10.0 Å². The van der Waals surface area contributed by atoms with E-state index in [1.165, 1.54) is 36.4 Å². The molecule has 0 spiro atoms. The van der Waals surface area contributed by atoms with Crippen molar-refractivity contribution in [1.29, 1.82) is 0 Å². The average molecular weight is 433 g/mol. The molecule has 0 unspecified atom stereocenters. The number of sulfonamides is 1. The van der Waals surface area contributed by atoms with Crippen molar-refractivity contribution in [3.8, 4) is 0 Å². The first-order valence-electron chi connectivity index (χ1n) is 8.30. The number of non-ortho nitro benzene ring substituents is 1. The summed E-state index contributed by atoms with van der Waals surface area (Å²) in [6.07, 6.45) is 0. The zero-order valence-electron chi connectivity index (χ0n) is 15.0. The molecular weight excluding hydrogens is 420 g/mol. The van der Waals surface area contributed by atoms with Crippen LogP contribution in [0.4, 0.5) is 25.8 Å². The maximum absolute atomic E-state index is 13.3. The third kappa shape index (κ3) is 4.58. The van der Waals surface area contributed by atoms with E-state index in [0.29, 0.717) is 0 Å². The molecule has 11 heteroatoms. The van der Waals surface area contributed by atoms with E-state index in [-0.39, 0.29) is 21.8 Å². The van der Waals surface area contributed by atoms with Crippen LogP contribution in [0.1, 0.15) is 10.4 Å². The van der Waals surface area contributed by atoms with Gasteiger partial charge in [0.05, 0.1) is 21.1 Å². The molecule has 3 rings (SSSR count). The van der Waals surface area contributed by atoms with Crippen LogP contribution in [0.3, 0.4) is 0 Å². The van der Waals surface area contributed by atoms with Crippen molar-refractivity contribution in [3.05, 3.63) is 94.0 Å². The third-order valence-corrected chi connectivity index (χ3v) is 5.30. The van der Waals surface area contributed by atoms with Crippen LogP contribution in [-0.2, 0) is 10.0 Å². The van der Waals surface area contributed by atoms with Crippen LogP contribution in [0.5, 0.6) is 0 Å². The lowest BCUT2D eigenvalue weighted by Gasteiger charge is -2.13. The van der Waals surface area contributed by atoms with E-state index >= 15 is 0 Å². The second-order valence-electron chi connectivity index (χ2n) is 5.99. The summed E-state index contributed by atoms with van der Waals surface area (Å²) >= 11 is 0. The summed E-state index contributed by atoms with van der Waals surface area (Å²) in [6.45, 7) is 0. The van der Waals surface area contributed by atoms with E-state index in [1.807, 2.05) is 0 Å². The van der Waals surface area contributed by atoms with Crippen LogP contribution in [0.15, 0.2) is 71.6 Å². The summed E-state index contributed by atoms with van der Waals surface area (Å²) in [4.78, 5) is 22.3. The SMILES string of the molecule is O=C(Nc1ccc(F)c(F)c1)c1ccccc1NS(=O)(=O)c1cccc([N+](=O)[O-])c1. The summed E-state index contributed by atoms with van der Waals surface area (Å²) in [7, 11) is -4.25. The van der Waals surface area contributed by atoms with Crippen molar-refractivity contribution in [2.45, 2.75) is 4.90 Å². The van der Waals surface area contributed by atoms with E-state index in [0.717, 1.165) is 30.3 Å². The van der Waals surface area contributed by atoms with Gasteiger partial charge in [0, 0.05) is 23.9 Å². The van der Waals surface area contributed by atoms with Gasteiger partial charge in [0.25, 0.3) is 21.6 Å². The highest BCUT2D eigenvalue weighted by Crippen LogP contribution is 2.24. The molecule has 2 N–H and O–H groups in total. The second-order valence-corrected chi connectivity index (χ2v) is 7.67. The van der Waals surface area contributed by atoms with Crippen LogP contribution < -0.4 is 10.0 Å². The van der Waals surface area contributed by atoms with E-state index in [1.54, 1.807) is 0 Å². The molecule has 0 aromatic heterocycles. The molecule has 0 aliphatic heterocycles. The topological polar surface area (TPSA) is 118 Å². The van der Waals surface area contributed by atoms with E-state index < -0.39 is 38.2 Å². The van der Waals surface area contributed by atoms with Crippen LogP contribution in [0.2, 0.25) is 0 Å². The molecule has 3 aromatic rings. The largest absolute Gasteiger partial charge is 0.322 e. The number of anilines is 2. The first kappa shape index (κ1) is 20.9. The number of nitro groups is 1. The predicted octanol–water partition coefficient (Wildman–Crippen LogP) is 3.93. The lowest BCUT2D eigenvalue weighted by molar-refractivity contribution is -0.385. The Morgan fingerprint density at radius 3 is 2.37 bits per heavy atom. The molecule has 0 heterocycles. The van der Waals surface area contributed by atoms with Gasteiger partial charge in [0.15, 0.2) is 11.6 Å². The number of halogens is 2. The highest BCUT2D eigenvalue weighted by molar-refractivity contribution is 7.92. The molecule has 0 radical (unpaired) electrons. The zero-order valence-corrected chi connectivity index (χ0v) is 15.8. The van der Waals surface area contributed by atoms with Crippen molar-refractivity contribution in [2.24, 2.45) is 0 Å². The Morgan fingerprint density at radius 1 is 0.933 bits per heavy atom. The summed E-state index contributed by atoms with van der Waals surface area (Å²) < 4.78 is 53.9. The normalized spacial score (nSPS) is 11.0. The van der Waals surface area contributed by atoms with Gasteiger partial charge in [-0.25, -0.2) is 17.2 Å². The first-order chi connectivity index (χ1) is 14.2. The zero-order chi connectivity index (χ0) is 21.9. The van der Waals surface area contributed by atoms with Gasteiger partial charge in [-0.3, -0.25) is 19.6 Å². The molecule has 0 bridgehead atoms. The highest BCUT2D eigenvalue weighted by atomic mass is 32.2. The smallest absolute Gasteiger partial charge is 0.270 e. The summed E-state index contributed by atoms with van der Waals surface area (Å²) in [6, 6.07) is 12.7. The summed E-state index contributed by atoms with van der Waals surface area (Å²) in [5, 5.41) is 13.2. The molecule has 30 heavy (non-hydrogen) atoms. The van der Waals surface area contributed by atoms with Crippen molar-refractivity contribution >= 4 is 33.0 Å². The molecule has 0 saturated heterocycles. The van der Waals surface area contributed by atoms with Gasteiger partial charge in [-0.15, -0.1) is 0 Å². The van der Waals surface area contributed by atoms with Gasteiger partial charge in [0.1, 0.15) is 0 Å². The Labute approximate surface area is 169 Å². The minimum absolute atomic E-state index is 0.0322. The van der Waals surface area contributed by atoms with Gasteiger partial charge < -0.3 is 5.32 Å². The molecule has 0 atom stereocenters. The maximum Gasteiger partial charge on any atom is 0.270 e. The van der Waals surface area contributed by atoms with Crippen LogP contribution in [0.25, 0.3) is 0 Å². The van der Waals surface area contributed by atoms with E-state index in [9.17, 15) is 32.1 Å². The van der Waals surface area contributed by atoms with E-state index in [4.69, 9.17) is 0 Å². The fourth-order valence-corrected chi connectivity index (χ4v) is 3.63. The van der Waals surface area contributed by atoms with Gasteiger partial charge in [0.2, 0.25) is 0 Å². The molecule has 3 aromatic carbocycles. The Bertz CT molecular complexity index is 1250. The quantitative estimate of drug-likeness (QED) is 0.451. The number of hydrogen-bond donors (Lipinski definition) is 2. The Kier molecular flexibility index (Phi) is 5.74. The fourth-order valence-electron chi connectivity index (χ4n) is 2.51.